The molecule has 220 valence electrons. The van der Waals surface area contributed by atoms with Gasteiger partial charge in [0, 0.05) is 58.2 Å². The molecule has 0 amide bonds. The van der Waals surface area contributed by atoms with E-state index < -0.39 is 0 Å². The molecule has 0 bridgehead atoms. The molecular formula is C32H38N6O4. The van der Waals surface area contributed by atoms with Crippen molar-refractivity contribution in [2.24, 2.45) is 7.05 Å². The third kappa shape index (κ3) is 7.01. The lowest BCUT2D eigenvalue weighted by Crippen LogP contribution is -2.38. The zero-order valence-corrected chi connectivity index (χ0v) is 24.2. The second-order valence-corrected chi connectivity index (χ2v) is 10.9. The number of carbonyl (C=O) groups is 1. The van der Waals surface area contributed by atoms with Gasteiger partial charge in [-0.25, -0.2) is 15.0 Å². The monoisotopic (exact) mass is 570 g/mol. The maximum absolute atomic E-state index is 12.9. The quantitative estimate of drug-likeness (QED) is 0.252. The van der Waals surface area contributed by atoms with Crippen molar-refractivity contribution in [1.29, 1.82) is 0 Å². The molecule has 10 heteroatoms. The van der Waals surface area contributed by atoms with Gasteiger partial charge in [0.25, 0.3) is 0 Å². The largest absolute Gasteiger partial charge is 0.379 e. The van der Waals surface area contributed by atoms with Crippen LogP contribution in [0.5, 0.6) is 0 Å². The average molecular weight is 571 g/mol. The number of rotatable bonds is 11. The number of ketones is 1. The van der Waals surface area contributed by atoms with Gasteiger partial charge in [-0.3, -0.25) is 9.69 Å². The van der Waals surface area contributed by atoms with Crippen molar-refractivity contribution < 1.29 is 19.0 Å². The Labute approximate surface area is 246 Å². The maximum atomic E-state index is 12.9. The molecule has 0 atom stereocenters. The number of Topliss-reactive ketones (excluding diaryl/α,β-unsaturated/α-hetero) is 1. The lowest BCUT2D eigenvalue weighted by atomic mass is 10.0. The van der Waals surface area contributed by atoms with Gasteiger partial charge in [0.1, 0.15) is 11.3 Å². The Kier molecular flexibility index (Phi) is 9.15. The highest BCUT2D eigenvalue weighted by molar-refractivity contribution is 5.86. The zero-order chi connectivity index (χ0) is 28.7. The summed E-state index contributed by atoms with van der Waals surface area (Å²) in [6.07, 6.45) is 2.56. The zero-order valence-electron chi connectivity index (χ0n) is 24.2. The molecule has 10 nitrogen and oxygen atoms in total. The molecule has 4 aromatic rings. The van der Waals surface area contributed by atoms with Crippen molar-refractivity contribution in [1.82, 2.24) is 24.4 Å². The Morgan fingerprint density at radius 2 is 1.45 bits per heavy atom. The number of benzene rings is 2. The fourth-order valence-corrected chi connectivity index (χ4v) is 5.41. The molecule has 42 heavy (non-hydrogen) atoms. The molecule has 0 aliphatic carbocycles. The predicted octanol–water partition coefficient (Wildman–Crippen LogP) is 3.07. The topological polar surface area (TPSA) is 94.8 Å². The number of anilines is 1. The first-order valence-corrected chi connectivity index (χ1v) is 14.7. The fourth-order valence-electron chi connectivity index (χ4n) is 5.41. The fraction of sp³-hybridized carbons (Fsp3) is 0.438. The molecule has 2 aromatic heterocycles. The van der Waals surface area contributed by atoms with Crippen LogP contribution in [0.3, 0.4) is 0 Å². The summed E-state index contributed by atoms with van der Waals surface area (Å²) in [5.74, 6) is 1.69. The second-order valence-electron chi connectivity index (χ2n) is 10.9. The first-order chi connectivity index (χ1) is 20.6. The van der Waals surface area contributed by atoms with Crippen molar-refractivity contribution in [3.63, 3.8) is 0 Å². The number of imidazole rings is 1. The molecule has 2 saturated heterocycles. The highest BCUT2D eigenvalue weighted by atomic mass is 16.5. The van der Waals surface area contributed by atoms with Crippen LogP contribution in [0.2, 0.25) is 0 Å². The van der Waals surface area contributed by atoms with E-state index in [9.17, 15) is 4.79 Å². The Balaban J connectivity index is 1.03. The molecule has 4 heterocycles. The number of hydrogen-bond donors (Lipinski definition) is 0. The third-order valence-corrected chi connectivity index (χ3v) is 7.83. The molecule has 0 radical (unpaired) electrons. The van der Waals surface area contributed by atoms with Crippen LogP contribution in [0.4, 0.5) is 5.82 Å². The van der Waals surface area contributed by atoms with E-state index in [4.69, 9.17) is 24.2 Å². The Morgan fingerprint density at radius 3 is 2.14 bits per heavy atom. The van der Waals surface area contributed by atoms with Crippen LogP contribution >= 0.6 is 0 Å². The molecule has 0 saturated carbocycles. The molecule has 0 spiro atoms. The number of carbonyl (C=O) groups excluding carboxylic acids is 1. The van der Waals surface area contributed by atoms with Crippen LogP contribution in [0, 0.1) is 0 Å². The Hall–Kier alpha value is -3.70. The number of aryl methyl sites for hydroxylation is 1. The number of ether oxygens (including phenoxy) is 3. The lowest BCUT2D eigenvalue weighted by Gasteiger charge is -2.28. The normalized spacial score (nSPS) is 16.3. The van der Waals surface area contributed by atoms with Crippen LogP contribution in [0.15, 0.2) is 54.9 Å². The summed E-state index contributed by atoms with van der Waals surface area (Å²) in [4.78, 5) is 31.6. The summed E-state index contributed by atoms with van der Waals surface area (Å²) < 4.78 is 18.7. The van der Waals surface area contributed by atoms with Crippen LogP contribution in [0.25, 0.3) is 22.6 Å². The average Bonchev–Trinajstić information content (AvgIpc) is 3.41. The van der Waals surface area contributed by atoms with Crippen LogP contribution in [-0.4, -0.2) is 96.0 Å². The first kappa shape index (κ1) is 28.4. The minimum atomic E-state index is 0.179. The van der Waals surface area contributed by atoms with Gasteiger partial charge >= 0.3 is 0 Å². The first-order valence-electron chi connectivity index (χ1n) is 14.7. The highest BCUT2D eigenvalue weighted by Crippen LogP contribution is 2.27. The summed E-state index contributed by atoms with van der Waals surface area (Å²) in [6, 6.07) is 16.1. The molecular weight excluding hydrogens is 532 g/mol. The lowest BCUT2D eigenvalue weighted by molar-refractivity contribution is -0.117. The van der Waals surface area contributed by atoms with E-state index in [1.54, 1.807) is 6.33 Å². The molecule has 6 rings (SSSR count). The number of aromatic nitrogens is 4. The van der Waals surface area contributed by atoms with E-state index in [2.05, 4.69) is 26.9 Å². The van der Waals surface area contributed by atoms with Crippen molar-refractivity contribution in [3.05, 3.63) is 71.5 Å². The van der Waals surface area contributed by atoms with E-state index in [1.165, 1.54) is 0 Å². The standard InChI is InChI=1S/C32H38N6O4/c1-36-23-33-31-29(36)32(38-13-18-41-19-14-38)35-30(34-31)27-8-6-25(7-9-27)21-28(39)20-24-2-4-26(5-3-24)22-42-17-12-37-10-15-40-16-11-37/h2-9,23H,10-22H2,1H3. The number of morpholine rings is 2. The predicted molar refractivity (Wildman–Crippen MR) is 161 cm³/mol. The molecule has 0 N–H and O–H groups in total. The van der Waals surface area contributed by atoms with E-state index >= 15 is 0 Å². The van der Waals surface area contributed by atoms with E-state index in [-0.39, 0.29) is 5.78 Å². The van der Waals surface area contributed by atoms with Crippen molar-refractivity contribution in [2.75, 3.05) is 70.7 Å². The van der Waals surface area contributed by atoms with Gasteiger partial charge in [0.2, 0.25) is 0 Å². The molecule has 0 unspecified atom stereocenters. The van der Waals surface area contributed by atoms with Crippen molar-refractivity contribution >= 4 is 22.8 Å². The minimum Gasteiger partial charge on any atom is -0.379 e. The molecule has 2 fully saturated rings. The van der Waals surface area contributed by atoms with Gasteiger partial charge in [-0.1, -0.05) is 48.5 Å². The Morgan fingerprint density at radius 1 is 0.833 bits per heavy atom. The number of hydrogen-bond acceptors (Lipinski definition) is 9. The van der Waals surface area contributed by atoms with E-state index in [1.807, 2.05) is 48.0 Å². The van der Waals surface area contributed by atoms with Gasteiger partial charge < -0.3 is 23.7 Å². The SMILES string of the molecule is Cn1cnc2nc(-c3ccc(CC(=O)Cc4ccc(COCCN5CCOCC5)cc4)cc3)nc(N3CCOCC3)c21. The summed E-state index contributed by atoms with van der Waals surface area (Å²) in [7, 11) is 1.96. The summed E-state index contributed by atoms with van der Waals surface area (Å²) in [6.45, 7) is 8.69. The third-order valence-electron chi connectivity index (χ3n) is 7.83. The smallest absolute Gasteiger partial charge is 0.183 e. The van der Waals surface area contributed by atoms with Gasteiger partial charge in [0.05, 0.1) is 46.0 Å². The minimum absolute atomic E-state index is 0.179. The van der Waals surface area contributed by atoms with Crippen LogP contribution in [0.1, 0.15) is 16.7 Å². The van der Waals surface area contributed by atoms with E-state index in [0.717, 1.165) is 79.5 Å². The number of nitrogens with zero attached hydrogens (tertiary/aromatic N) is 6. The maximum Gasteiger partial charge on any atom is 0.183 e. The summed E-state index contributed by atoms with van der Waals surface area (Å²) >= 11 is 0. The second kappa shape index (κ2) is 13.5. The van der Waals surface area contributed by atoms with Crippen LogP contribution < -0.4 is 4.90 Å². The summed E-state index contributed by atoms with van der Waals surface area (Å²) in [5, 5.41) is 0. The van der Waals surface area contributed by atoms with Gasteiger partial charge in [-0.05, 0) is 16.7 Å². The summed E-state index contributed by atoms with van der Waals surface area (Å²) in [5.41, 5.74) is 5.60. The van der Waals surface area contributed by atoms with Gasteiger partial charge in [-0.2, -0.15) is 0 Å². The van der Waals surface area contributed by atoms with Crippen LogP contribution in [-0.2, 0) is 45.5 Å². The molecule has 2 aromatic carbocycles. The molecule has 2 aliphatic heterocycles. The van der Waals surface area contributed by atoms with Gasteiger partial charge in [-0.15, -0.1) is 0 Å². The molecule has 2 aliphatic rings. The Bertz CT molecular complexity index is 1480. The van der Waals surface area contributed by atoms with Crippen molar-refractivity contribution in [3.8, 4) is 11.4 Å². The van der Waals surface area contributed by atoms with E-state index in [0.29, 0.717) is 50.7 Å². The van der Waals surface area contributed by atoms with Crippen molar-refractivity contribution in [2.45, 2.75) is 19.4 Å². The number of fused-ring (bicyclic) bond motifs is 1. The highest BCUT2D eigenvalue weighted by Gasteiger charge is 2.21. The van der Waals surface area contributed by atoms with Gasteiger partial charge in [0.15, 0.2) is 17.3 Å².